The first-order valence-corrected chi connectivity index (χ1v) is 6.38. The zero-order valence-corrected chi connectivity index (χ0v) is 11.3. The van der Waals surface area contributed by atoms with Crippen molar-refractivity contribution in [1.29, 1.82) is 0 Å². The second-order valence-electron chi connectivity index (χ2n) is 4.56. The van der Waals surface area contributed by atoms with Crippen molar-refractivity contribution in [3.63, 3.8) is 0 Å². The highest BCUT2D eigenvalue weighted by Gasteiger charge is 2.01. The van der Waals surface area contributed by atoms with Gasteiger partial charge in [0.2, 0.25) is 11.5 Å². The molecule has 0 aliphatic heterocycles. The molecule has 0 saturated heterocycles. The van der Waals surface area contributed by atoms with Gasteiger partial charge < -0.3 is 15.6 Å². The van der Waals surface area contributed by atoms with Crippen molar-refractivity contribution in [2.45, 2.75) is 13.5 Å². The summed E-state index contributed by atoms with van der Waals surface area (Å²) in [5.41, 5.74) is 2.79. The van der Waals surface area contributed by atoms with Crippen molar-refractivity contribution in [3.05, 3.63) is 64.1 Å². The molecule has 0 bridgehead atoms. The third-order valence-electron chi connectivity index (χ3n) is 2.85. The summed E-state index contributed by atoms with van der Waals surface area (Å²) in [6.07, 6.45) is 1.54. The largest absolute Gasteiger partial charge is 0.375 e. The van der Waals surface area contributed by atoms with Crippen LogP contribution in [0.3, 0.4) is 0 Å². The Labute approximate surface area is 117 Å². The fraction of sp³-hybridized carbons (Fsp3) is 0.200. The summed E-state index contributed by atoms with van der Waals surface area (Å²) in [7, 11) is 0. The highest BCUT2D eigenvalue weighted by atomic mass is 16.2. The van der Waals surface area contributed by atoms with Crippen LogP contribution in [0.2, 0.25) is 0 Å². The Bertz CT molecular complexity index is 612. The van der Waals surface area contributed by atoms with Gasteiger partial charge in [0.15, 0.2) is 0 Å². The van der Waals surface area contributed by atoms with Gasteiger partial charge in [-0.1, -0.05) is 29.8 Å². The second-order valence-corrected chi connectivity index (χ2v) is 4.56. The number of amides is 1. The lowest BCUT2D eigenvalue weighted by Gasteiger charge is -2.07. The van der Waals surface area contributed by atoms with Crippen LogP contribution in [0.5, 0.6) is 0 Å². The van der Waals surface area contributed by atoms with E-state index in [0.29, 0.717) is 12.2 Å². The van der Waals surface area contributed by atoms with Gasteiger partial charge in [-0.25, -0.2) is 0 Å². The summed E-state index contributed by atoms with van der Waals surface area (Å²) in [4.78, 5) is 25.1. The SMILES string of the molecule is Cc1ccc(CNC(=O)CNc2ccc(=O)[nH]c2)cc1. The van der Waals surface area contributed by atoms with E-state index in [1.54, 1.807) is 6.07 Å². The third-order valence-corrected chi connectivity index (χ3v) is 2.85. The normalized spacial score (nSPS) is 10.1. The van der Waals surface area contributed by atoms with Crippen molar-refractivity contribution in [1.82, 2.24) is 10.3 Å². The van der Waals surface area contributed by atoms with Crippen LogP contribution in [0.1, 0.15) is 11.1 Å². The highest BCUT2D eigenvalue weighted by molar-refractivity contribution is 5.80. The molecule has 0 fully saturated rings. The Hall–Kier alpha value is -2.56. The molecule has 0 radical (unpaired) electrons. The van der Waals surface area contributed by atoms with E-state index in [-0.39, 0.29) is 18.0 Å². The van der Waals surface area contributed by atoms with Crippen molar-refractivity contribution >= 4 is 11.6 Å². The number of H-pyrrole nitrogens is 1. The van der Waals surface area contributed by atoms with E-state index < -0.39 is 0 Å². The maximum atomic E-state index is 11.7. The minimum Gasteiger partial charge on any atom is -0.375 e. The molecule has 0 atom stereocenters. The maximum Gasteiger partial charge on any atom is 0.248 e. The van der Waals surface area contributed by atoms with Crippen LogP contribution < -0.4 is 16.2 Å². The number of pyridine rings is 1. The molecule has 104 valence electrons. The van der Waals surface area contributed by atoms with E-state index in [4.69, 9.17) is 0 Å². The van der Waals surface area contributed by atoms with Crippen LogP contribution in [0.15, 0.2) is 47.4 Å². The van der Waals surface area contributed by atoms with E-state index >= 15 is 0 Å². The summed E-state index contributed by atoms with van der Waals surface area (Å²) in [5, 5.41) is 5.76. The van der Waals surface area contributed by atoms with E-state index in [9.17, 15) is 9.59 Å². The van der Waals surface area contributed by atoms with Crippen LogP contribution >= 0.6 is 0 Å². The van der Waals surface area contributed by atoms with E-state index in [0.717, 1.165) is 5.56 Å². The molecule has 1 aromatic heterocycles. The number of nitrogens with one attached hydrogen (secondary N) is 3. The topological polar surface area (TPSA) is 74.0 Å². The van der Waals surface area contributed by atoms with Gasteiger partial charge in [-0.2, -0.15) is 0 Å². The summed E-state index contributed by atoms with van der Waals surface area (Å²) in [5.74, 6) is -0.100. The van der Waals surface area contributed by atoms with Gasteiger partial charge >= 0.3 is 0 Å². The molecule has 1 amide bonds. The van der Waals surface area contributed by atoms with Gasteiger partial charge in [0, 0.05) is 18.8 Å². The molecule has 3 N–H and O–H groups in total. The summed E-state index contributed by atoms with van der Waals surface area (Å²) < 4.78 is 0. The zero-order chi connectivity index (χ0) is 14.4. The molecule has 0 spiro atoms. The Balaban J connectivity index is 1.76. The Morgan fingerprint density at radius 3 is 2.55 bits per heavy atom. The highest BCUT2D eigenvalue weighted by Crippen LogP contribution is 2.02. The summed E-state index contributed by atoms with van der Waals surface area (Å²) >= 11 is 0. The van der Waals surface area contributed by atoms with Gasteiger partial charge in [-0.05, 0) is 18.6 Å². The van der Waals surface area contributed by atoms with Gasteiger partial charge in [0.05, 0.1) is 12.2 Å². The smallest absolute Gasteiger partial charge is 0.248 e. The molecular weight excluding hydrogens is 254 g/mol. The molecule has 2 aromatic rings. The molecule has 1 aromatic carbocycles. The fourth-order valence-corrected chi connectivity index (χ4v) is 1.67. The number of anilines is 1. The monoisotopic (exact) mass is 271 g/mol. The molecule has 5 nitrogen and oxygen atoms in total. The lowest BCUT2D eigenvalue weighted by Crippen LogP contribution is -2.29. The van der Waals surface area contributed by atoms with E-state index in [2.05, 4.69) is 15.6 Å². The second kappa shape index (κ2) is 6.56. The number of aryl methyl sites for hydroxylation is 1. The van der Waals surface area contributed by atoms with Crippen LogP contribution in [-0.4, -0.2) is 17.4 Å². The predicted molar refractivity (Wildman–Crippen MR) is 78.6 cm³/mol. The van der Waals surface area contributed by atoms with E-state index in [1.165, 1.54) is 17.8 Å². The quantitative estimate of drug-likeness (QED) is 0.770. The fourth-order valence-electron chi connectivity index (χ4n) is 1.67. The molecule has 0 aliphatic rings. The molecular formula is C15H17N3O2. The lowest BCUT2D eigenvalue weighted by molar-refractivity contribution is -0.119. The third kappa shape index (κ3) is 4.28. The standard InChI is InChI=1S/C15H17N3O2/c1-11-2-4-12(5-3-11)8-17-15(20)10-16-13-6-7-14(19)18-9-13/h2-7,9,16H,8,10H2,1H3,(H,17,20)(H,18,19). The summed E-state index contributed by atoms with van der Waals surface area (Å²) in [6.45, 7) is 2.70. The van der Waals surface area contributed by atoms with Crippen LogP contribution in [-0.2, 0) is 11.3 Å². The van der Waals surface area contributed by atoms with Crippen molar-refractivity contribution < 1.29 is 4.79 Å². The first-order chi connectivity index (χ1) is 9.63. The molecule has 1 heterocycles. The summed E-state index contributed by atoms with van der Waals surface area (Å²) in [6, 6.07) is 11.1. The van der Waals surface area contributed by atoms with Crippen molar-refractivity contribution in [3.8, 4) is 0 Å². The Morgan fingerprint density at radius 1 is 1.15 bits per heavy atom. The minimum atomic E-state index is -0.167. The predicted octanol–water partition coefficient (Wildman–Crippen LogP) is 1.41. The van der Waals surface area contributed by atoms with Gasteiger partial charge in [-0.3, -0.25) is 9.59 Å². The average molecular weight is 271 g/mol. The maximum absolute atomic E-state index is 11.7. The van der Waals surface area contributed by atoms with Crippen LogP contribution in [0.4, 0.5) is 5.69 Å². The number of hydrogen-bond donors (Lipinski definition) is 3. The van der Waals surface area contributed by atoms with Gasteiger partial charge in [0.25, 0.3) is 0 Å². The van der Waals surface area contributed by atoms with Gasteiger partial charge in [0.1, 0.15) is 0 Å². The van der Waals surface area contributed by atoms with Gasteiger partial charge in [-0.15, -0.1) is 0 Å². The first-order valence-electron chi connectivity index (χ1n) is 6.38. The van der Waals surface area contributed by atoms with Crippen LogP contribution in [0, 0.1) is 6.92 Å². The number of aromatic amines is 1. The number of carbonyl (C=O) groups excluding carboxylic acids is 1. The molecule has 2 rings (SSSR count). The van der Waals surface area contributed by atoms with Crippen LogP contribution in [0.25, 0.3) is 0 Å². The number of carbonyl (C=O) groups is 1. The number of benzene rings is 1. The number of aromatic nitrogens is 1. The number of hydrogen-bond acceptors (Lipinski definition) is 3. The molecule has 20 heavy (non-hydrogen) atoms. The van der Waals surface area contributed by atoms with E-state index in [1.807, 2.05) is 31.2 Å². The average Bonchev–Trinajstić information content (AvgIpc) is 2.46. The van der Waals surface area contributed by atoms with Crippen molar-refractivity contribution in [2.75, 3.05) is 11.9 Å². The number of rotatable bonds is 5. The molecule has 0 aliphatic carbocycles. The molecule has 0 unspecified atom stereocenters. The lowest BCUT2D eigenvalue weighted by atomic mass is 10.1. The Kier molecular flexibility index (Phi) is 4.55. The first kappa shape index (κ1) is 13.9. The molecule has 0 saturated carbocycles. The zero-order valence-electron chi connectivity index (χ0n) is 11.3. The molecule has 5 heteroatoms. The Morgan fingerprint density at radius 2 is 1.90 bits per heavy atom. The minimum absolute atomic E-state index is 0.100. The van der Waals surface area contributed by atoms with Crippen molar-refractivity contribution in [2.24, 2.45) is 0 Å².